The van der Waals surface area contributed by atoms with E-state index in [2.05, 4.69) is 20.6 Å². The van der Waals surface area contributed by atoms with Crippen molar-refractivity contribution in [2.45, 2.75) is 13.5 Å². The highest BCUT2D eigenvalue weighted by Gasteiger charge is 2.14. The summed E-state index contributed by atoms with van der Waals surface area (Å²) in [4.78, 5) is 21.7. The maximum atomic E-state index is 12.7. The molecule has 0 fully saturated rings. The number of hydrogen-bond donors (Lipinski definition) is 2. The van der Waals surface area contributed by atoms with Crippen LogP contribution < -0.4 is 20.1 Å². The molecule has 2 heterocycles. The molecule has 1 aliphatic heterocycles. The van der Waals surface area contributed by atoms with Crippen LogP contribution in [0.5, 0.6) is 11.5 Å². The van der Waals surface area contributed by atoms with Gasteiger partial charge in [-0.15, -0.1) is 0 Å². The average molecular weight is 438 g/mol. The normalized spacial score (nSPS) is 11.8. The molecule has 1 aliphatic rings. The van der Waals surface area contributed by atoms with Gasteiger partial charge in [-0.05, 0) is 55.0 Å². The Morgan fingerprint density at radius 3 is 2.76 bits per heavy atom. The van der Waals surface area contributed by atoms with Gasteiger partial charge in [0.05, 0.1) is 0 Å². The number of rotatable bonds is 6. The molecule has 0 radical (unpaired) electrons. The molecular weight excluding hydrogens is 416 g/mol. The Morgan fingerprint density at radius 1 is 0.970 bits per heavy atom. The van der Waals surface area contributed by atoms with E-state index in [1.807, 2.05) is 61.5 Å². The molecule has 0 spiro atoms. The molecule has 0 bridgehead atoms. The van der Waals surface area contributed by atoms with E-state index in [1.165, 1.54) is 0 Å². The van der Waals surface area contributed by atoms with E-state index in [1.54, 1.807) is 24.4 Å². The zero-order valence-corrected chi connectivity index (χ0v) is 18.0. The molecule has 2 N–H and O–H groups in total. The second-order valence-corrected chi connectivity index (χ2v) is 7.71. The number of amides is 1. The van der Waals surface area contributed by atoms with Crippen molar-refractivity contribution in [2.24, 2.45) is 0 Å². The van der Waals surface area contributed by atoms with Crippen molar-refractivity contribution in [3.05, 3.63) is 95.7 Å². The van der Waals surface area contributed by atoms with E-state index < -0.39 is 0 Å². The Kier molecular flexibility index (Phi) is 5.59. The molecule has 164 valence electrons. The first-order valence-corrected chi connectivity index (χ1v) is 10.6. The third kappa shape index (κ3) is 4.77. The first kappa shape index (κ1) is 20.5. The number of aromatic nitrogens is 2. The minimum atomic E-state index is -0.167. The highest BCUT2D eigenvalue weighted by Crippen LogP contribution is 2.32. The van der Waals surface area contributed by atoms with Crippen molar-refractivity contribution in [1.29, 1.82) is 0 Å². The Bertz CT molecular complexity index is 1320. The molecule has 0 unspecified atom stereocenters. The average Bonchev–Trinajstić information content (AvgIpc) is 3.31. The Balaban J connectivity index is 1.26. The van der Waals surface area contributed by atoms with Crippen LogP contribution in [-0.2, 0) is 6.54 Å². The van der Waals surface area contributed by atoms with Gasteiger partial charge in [-0.3, -0.25) is 4.79 Å². The number of benzene rings is 3. The zero-order chi connectivity index (χ0) is 22.6. The van der Waals surface area contributed by atoms with Crippen LogP contribution in [0.15, 0.2) is 79.0 Å². The number of nitrogens with zero attached hydrogens (tertiary/aromatic N) is 2. The monoisotopic (exact) mass is 438 g/mol. The molecule has 0 saturated heterocycles. The predicted octanol–water partition coefficient (Wildman–Crippen LogP) is 4.85. The van der Waals surface area contributed by atoms with Gasteiger partial charge in [-0.1, -0.05) is 35.9 Å². The summed E-state index contributed by atoms with van der Waals surface area (Å²) in [5.74, 6) is 2.54. The predicted molar refractivity (Wildman–Crippen MR) is 126 cm³/mol. The smallest absolute Gasteiger partial charge is 0.251 e. The van der Waals surface area contributed by atoms with Crippen molar-refractivity contribution < 1.29 is 14.3 Å². The van der Waals surface area contributed by atoms with Crippen LogP contribution in [0.25, 0.3) is 11.4 Å². The SMILES string of the molecule is Cc1cccc(-c2nccc(Nc3cccc(C(=O)NCc4ccc5c(c4)OCO5)c3)n2)c1. The molecule has 4 aromatic rings. The van der Waals surface area contributed by atoms with E-state index in [9.17, 15) is 4.79 Å². The van der Waals surface area contributed by atoms with Gasteiger partial charge in [0.25, 0.3) is 5.91 Å². The van der Waals surface area contributed by atoms with Crippen LogP contribution in [0, 0.1) is 6.92 Å². The molecule has 0 saturated carbocycles. The molecule has 33 heavy (non-hydrogen) atoms. The molecule has 7 heteroatoms. The van der Waals surface area contributed by atoms with Gasteiger partial charge < -0.3 is 20.1 Å². The van der Waals surface area contributed by atoms with Crippen LogP contribution in [0.1, 0.15) is 21.5 Å². The van der Waals surface area contributed by atoms with Gasteiger partial charge in [0.1, 0.15) is 5.82 Å². The van der Waals surface area contributed by atoms with E-state index in [0.29, 0.717) is 29.5 Å². The number of anilines is 2. The van der Waals surface area contributed by atoms with Crippen LogP contribution in [0.3, 0.4) is 0 Å². The third-order valence-corrected chi connectivity index (χ3v) is 5.22. The summed E-state index contributed by atoms with van der Waals surface area (Å²) in [7, 11) is 0. The molecule has 1 aromatic heterocycles. The van der Waals surface area contributed by atoms with E-state index in [0.717, 1.165) is 28.1 Å². The molecule has 7 nitrogen and oxygen atoms in total. The van der Waals surface area contributed by atoms with Gasteiger partial charge in [-0.2, -0.15) is 0 Å². The lowest BCUT2D eigenvalue weighted by atomic mass is 10.1. The first-order chi connectivity index (χ1) is 16.1. The summed E-state index contributed by atoms with van der Waals surface area (Å²) in [6.45, 7) is 2.65. The second kappa shape index (κ2) is 9.00. The van der Waals surface area contributed by atoms with Crippen molar-refractivity contribution in [1.82, 2.24) is 15.3 Å². The lowest BCUT2D eigenvalue weighted by Crippen LogP contribution is -2.22. The maximum absolute atomic E-state index is 12.7. The minimum absolute atomic E-state index is 0.167. The van der Waals surface area contributed by atoms with Gasteiger partial charge in [-0.25, -0.2) is 9.97 Å². The maximum Gasteiger partial charge on any atom is 0.251 e. The number of nitrogens with one attached hydrogen (secondary N) is 2. The third-order valence-electron chi connectivity index (χ3n) is 5.22. The van der Waals surface area contributed by atoms with E-state index >= 15 is 0 Å². The number of carbonyl (C=O) groups is 1. The molecule has 0 atom stereocenters. The number of carbonyl (C=O) groups excluding carboxylic acids is 1. The molecule has 3 aromatic carbocycles. The fourth-order valence-electron chi connectivity index (χ4n) is 3.57. The van der Waals surface area contributed by atoms with Gasteiger partial charge in [0.2, 0.25) is 6.79 Å². The summed E-state index contributed by atoms with van der Waals surface area (Å²) < 4.78 is 10.7. The fraction of sp³-hybridized carbons (Fsp3) is 0.115. The quantitative estimate of drug-likeness (QED) is 0.447. The lowest BCUT2D eigenvalue weighted by molar-refractivity contribution is 0.0951. The highest BCUT2D eigenvalue weighted by molar-refractivity contribution is 5.95. The highest BCUT2D eigenvalue weighted by atomic mass is 16.7. The number of aryl methyl sites for hydroxylation is 1. The lowest BCUT2D eigenvalue weighted by Gasteiger charge is -2.10. The summed E-state index contributed by atoms with van der Waals surface area (Å²) in [5.41, 5.74) is 4.35. The standard InChI is InChI=1S/C26H22N4O3/c1-17-4-2-5-19(12-17)25-27-11-10-24(30-25)29-21-7-3-6-20(14-21)26(31)28-15-18-8-9-22-23(13-18)33-16-32-22/h2-14H,15-16H2,1H3,(H,28,31)(H,27,29,30). The summed E-state index contributed by atoms with van der Waals surface area (Å²) in [6, 6.07) is 22.8. The topological polar surface area (TPSA) is 85.4 Å². The van der Waals surface area contributed by atoms with Crippen molar-refractivity contribution in [3.8, 4) is 22.9 Å². The summed E-state index contributed by atoms with van der Waals surface area (Å²) in [6.07, 6.45) is 1.72. The van der Waals surface area contributed by atoms with E-state index in [-0.39, 0.29) is 12.7 Å². The number of ether oxygens (including phenoxy) is 2. The molecule has 1 amide bonds. The minimum Gasteiger partial charge on any atom is -0.454 e. The summed E-state index contributed by atoms with van der Waals surface area (Å²) in [5, 5.41) is 6.21. The van der Waals surface area contributed by atoms with Crippen molar-refractivity contribution in [3.63, 3.8) is 0 Å². The Labute approximate surface area is 191 Å². The Hall–Kier alpha value is -4.39. The van der Waals surface area contributed by atoms with Gasteiger partial charge >= 0.3 is 0 Å². The zero-order valence-electron chi connectivity index (χ0n) is 18.0. The molecule has 5 rings (SSSR count). The van der Waals surface area contributed by atoms with Crippen LogP contribution in [0.4, 0.5) is 11.5 Å². The van der Waals surface area contributed by atoms with Crippen LogP contribution in [0.2, 0.25) is 0 Å². The second-order valence-electron chi connectivity index (χ2n) is 7.71. The Morgan fingerprint density at radius 2 is 1.85 bits per heavy atom. The van der Waals surface area contributed by atoms with E-state index in [4.69, 9.17) is 9.47 Å². The fourth-order valence-corrected chi connectivity index (χ4v) is 3.57. The number of hydrogen-bond acceptors (Lipinski definition) is 6. The van der Waals surface area contributed by atoms with Crippen LogP contribution in [-0.4, -0.2) is 22.7 Å². The summed E-state index contributed by atoms with van der Waals surface area (Å²) >= 11 is 0. The van der Waals surface area contributed by atoms with Gasteiger partial charge in [0.15, 0.2) is 17.3 Å². The van der Waals surface area contributed by atoms with Crippen molar-refractivity contribution >= 4 is 17.4 Å². The largest absolute Gasteiger partial charge is 0.454 e. The van der Waals surface area contributed by atoms with Gasteiger partial charge in [0, 0.05) is 29.6 Å². The number of fused-ring (bicyclic) bond motifs is 1. The van der Waals surface area contributed by atoms with Crippen molar-refractivity contribution in [2.75, 3.05) is 12.1 Å². The molecule has 0 aliphatic carbocycles. The molecular formula is C26H22N4O3. The van der Waals surface area contributed by atoms with Crippen LogP contribution >= 0.6 is 0 Å². The first-order valence-electron chi connectivity index (χ1n) is 10.6.